The standard InChI is InChI=1S/C22H16N2O5/c1-3-29-22(26)17-12(2)23-20-15-6-4-5-7-16(15)21(25)19(20)18(17)13-8-10-14(11-9-13)24(27)28/h4-11H,3H2,1-2H3. The molecule has 0 fully saturated rings. The molecule has 0 radical (unpaired) electrons. The Hall–Kier alpha value is -3.87. The van der Waals surface area contributed by atoms with Crippen molar-refractivity contribution in [2.24, 2.45) is 0 Å². The molecule has 0 atom stereocenters. The van der Waals surface area contributed by atoms with Crippen LogP contribution in [-0.2, 0) is 4.74 Å². The van der Waals surface area contributed by atoms with E-state index in [-0.39, 0.29) is 23.6 Å². The molecule has 1 aromatic heterocycles. The monoisotopic (exact) mass is 388 g/mol. The topological polar surface area (TPSA) is 99.4 Å². The van der Waals surface area contributed by atoms with E-state index in [1.165, 1.54) is 24.3 Å². The van der Waals surface area contributed by atoms with Gasteiger partial charge in [0.05, 0.1) is 34.0 Å². The van der Waals surface area contributed by atoms with E-state index in [9.17, 15) is 19.7 Å². The number of ether oxygens (including phenoxy) is 1. The molecule has 4 rings (SSSR count). The minimum absolute atomic E-state index is 0.0801. The number of carbonyl (C=O) groups excluding carboxylic acids is 2. The molecule has 29 heavy (non-hydrogen) atoms. The van der Waals surface area contributed by atoms with Crippen LogP contribution in [0, 0.1) is 17.0 Å². The Morgan fingerprint density at radius 1 is 1.07 bits per heavy atom. The number of hydrogen-bond acceptors (Lipinski definition) is 6. The van der Waals surface area contributed by atoms with Crippen LogP contribution in [0.15, 0.2) is 48.5 Å². The molecule has 1 aliphatic rings. The normalized spacial score (nSPS) is 11.7. The van der Waals surface area contributed by atoms with Crippen LogP contribution < -0.4 is 0 Å². The fraction of sp³-hybridized carbons (Fsp3) is 0.136. The minimum Gasteiger partial charge on any atom is -0.462 e. The van der Waals surface area contributed by atoms with E-state index in [1.807, 2.05) is 12.1 Å². The number of rotatable bonds is 4. The summed E-state index contributed by atoms with van der Waals surface area (Å²) < 4.78 is 5.21. The predicted octanol–water partition coefficient (Wildman–Crippen LogP) is 4.35. The fourth-order valence-electron chi connectivity index (χ4n) is 3.63. The Bertz CT molecular complexity index is 1180. The highest BCUT2D eigenvalue weighted by Crippen LogP contribution is 2.43. The number of pyridine rings is 1. The molecule has 0 aliphatic heterocycles. The second-order valence-electron chi connectivity index (χ2n) is 6.57. The number of carbonyl (C=O) groups is 2. The first-order chi connectivity index (χ1) is 13.9. The van der Waals surface area contributed by atoms with Crippen molar-refractivity contribution in [2.75, 3.05) is 6.61 Å². The summed E-state index contributed by atoms with van der Waals surface area (Å²) >= 11 is 0. The molecule has 0 spiro atoms. The van der Waals surface area contributed by atoms with Gasteiger partial charge in [-0.25, -0.2) is 4.79 Å². The number of nitro benzene ring substituents is 1. The molecule has 7 heteroatoms. The summed E-state index contributed by atoms with van der Waals surface area (Å²) in [5, 5.41) is 11.0. The molecule has 1 heterocycles. The lowest BCUT2D eigenvalue weighted by molar-refractivity contribution is -0.384. The summed E-state index contributed by atoms with van der Waals surface area (Å²) in [6.07, 6.45) is 0. The quantitative estimate of drug-likeness (QED) is 0.293. The van der Waals surface area contributed by atoms with Crippen LogP contribution >= 0.6 is 0 Å². The Labute approximate surface area is 166 Å². The van der Waals surface area contributed by atoms with Gasteiger partial charge in [0.15, 0.2) is 5.78 Å². The van der Waals surface area contributed by atoms with Crippen LogP contribution in [0.4, 0.5) is 5.69 Å². The maximum atomic E-state index is 13.2. The van der Waals surface area contributed by atoms with Crippen molar-refractivity contribution >= 4 is 17.4 Å². The Kier molecular flexibility index (Phi) is 4.43. The molecular formula is C22H16N2O5. The zero-order valence-electron chi connectivity index (χ0n) is 15.8. The van der Waals surface area contributed by atoms with E-state index in [0.717, 1.165) is 0 Å². The van der Waals surface area contributed by atoms with Crippen molar-refractivity contribution in [2.45, 2.75) is 13.8 Å². The highest BCUT2D eigenvalue weighted by atomic mass is 16.6. The van der Waals surface area contributed by atoms with Crippen LogP contribution in [0.25, 0.3) is 22.4 Å². The van der Waals surface area contributed by atoms with Crippen LogP contribution in [0.5, 0.6) is 0 Å². The predicted molar refractivity (Wildman–Crippen MR) is 106 cm³/mol. The number of fused-ring (bicyclic) bond motifs is 3. The zero-order valence-corrected chi connectivity index (χ0v) is 15.8. The molecule has 0 saturated carbocycles. The number of esters is 1. The first-order valence-corrected chi connectivity index (χ1v) is 9.04. The van der Waals surface area contributed by atoms with Crippen molar-refractivity contribution in [3.05, 3.63) is 81.0 Å². The van der Waals surface area contributed by atoms with Gasteiger partial charge in [0.25, 0.3) is 5.69 Å². The largest absolute Gasteiger partial charge is 0.462 e. The number of nitrogens with zero attached hydrogens (tertiary/aromatic N) is 2. The molecule has 2 aromatic carbocycles. The maximum Gasteiger partial charge on any atom is 0.340 e. The highest BCUT2D eigenvalue weighted by molar-refractivity contribution is 6.25. The van der Waals surface area contributed by atoms with E-state index >= 15 is 0 Å². The summed E-state index contributed by atoms with van der Waals surface area (Å²) in [5.74, 6) is -0.820. The van der Waals surface area contributed by atoms with Gasteiger partial charge >= 0.3 is 5.97 Å². The van der Waals surface area contributed by atoms with Crippen LogP contribution in [0.2, 0.25) is 0 Å². The van der Waals surface area contributed by atoms with Gasteiger partial charge in [-0.15, -0.1) is 0 Å². The molecule has 7 nitrogen and oxygen atoms in total. The summed E-state index contributed by atoms with van der Waals surface area (Å²) in [5.41, 5.74) is 3.48. The van der Waals surface area contributed by atoms with Crippen molar-refractivity contribution in [3.8, 4) is 22.4 Å². The number of non-ortho nitro benzene ring substituents is 1. The molecule has 0 bridgehead atoms. The second-order valence-corrected chi connectivity index (χ2v) is 6.57. The molecule has 1 aliphatic carbocycles. The van der Waals surface area contributed by atoms with E-state index < -0.39 is 10.9 Å². The average Bonchev–Trinajstić information content (AvgIpc) is 2.99. The van der Waals surface area contributed by atoms with E-state index in [4.69, 9.17) is 4.74 Å². The third-order valence-electron chi connectivity index (χ3n) is 4.88. The minimum atomic E-state index is -0.586. The van der Waals surface area contributed by atoms with Gasteiger partial charge in [-0.05, 0) is 31.5 Å². The van der Waals surface area contributed by atoms with Crippen molar-refractivity contribution in [1.82, 2.24) is 4.98 Å². The van der Waals surface area contributed by atoms with Crippen molar-refractivity contribution in [3.63, 3.8) is 0 Å². The lowest BCUT2D eigenvalue weighted by atomic mass is 9.91. The lowest BCUT2D eigenvalue weighted by Gasteiger charge is -2.15. The second kappa shape index (κ2) is 6.94. The molecule has 0 amide bonds. The SMILES string of the molecule is CCOC(=O)c1c(C)nc2c(c1-c1ccc([N+](=O)[O-])cc1)C(=O)c1ccccc1-2. The summed E-state index contributed by atoms with van der Waals surface area (Å²) in [6.45, 7) is 3.55. The molecule has 0 N–H and O–H groups in total. The molecule has 0 saturated heterocycles. The third-order valence-corrected chi connectivity index (χ3v) is 4.88. The van der Waals surface area contributed by atoms with Gasteiger partial charge in [-0.3, -0.25) is 19.9 Å². The molecule has 144 valence electrons. The molecule has 0 unspecified atom stereocenters. The number of ketones is 1. The summed E-state index contributed by atoms with van der Waals surface area (Å²) in [4.78, 5) is 41.0. The lowest BCUT2D eigenvalue weighted by Crippen LogP contribution is -2.13. The third kappa shape index (κ3) is 2.87. The van der Waals surface area contributed by atoms with Crippen molar-refractivity contribution in [1.29, 1.82) is 0 Å². The van der Waals surface area contributed by atoms with Crippen LogP contribution in [0.1, 0.15) is 38.9 Å². The maximum absolute atomic E-state index is 13.2. The first-order valence-electron chi connectivity index (χ1n) is 9.04. The number of aromatic nitrogens is 1. The van der Waals surface area contributed by atoms with Gasteiger partial charge in [-0.2, -0.15) is 0 Å². The van der Waals surface area contributed by atoms with Crippen LogP contribution in [-0.4, -0.2) is 28.3 Å². The molecular weight excluding hydrogens is 372 g/mol. The van der Waals surface area contributed by atoms with Gasteiger partial charge in [0.2, 0.25) is 0 Å². The van der Waals surface area contributed by atoms with Gasteiger partial charge in [0.1, 0.15) is 0 Å². The van der Waals surface area contributed by atoms with Gasteiger partial charge < -0.3 is 4.74 Å². The average molecular weight is 388 g/mol. The fourth-order valence-corrected chi connectivity index (χ4v) is 3.63. The van der Waals surface area contributed by atoms with E-state index in [2.05, 4.69) is 4.98 Å². The van der Waals surface area contributed by atoms with Crippen molar-refractivity contribution < 1.29 is 19.2 Å². The van der Waals surface area contributed by atoms with Gasteiger partial charge in [0, 0.05) is 28.8 Å². The number of nitro groups is 1. The zero-order chi connectivity index (χ0) is 20.7. The first kappa shape index (κ1) is 18.5. The van der Waals surface area contributed by atoms with E-state index in [0.29, 0.717) is 39.2 Å². The summed E-state index contributed by atoms with van der Waals surface area (Å²) in [7, 11) is 0. The Balaban J connectivity index is 2.04. The number of hydrogen-bond donors (Lipinski definition) is 0. The molecule has 3 aromatic rings. The Morgan fingerprint density at radius 3 is 2.34 bits per heavy atom. The van der Waals surface area contributed by atoms with Gasteiger partial charge in [-0.1, -0.05) is 24.3 Å². The summed E-state index contributed by atoms with van der Waals surface area (Å²) in [6, 6.07) is 12.9. The smallest absolute Gasteiger partial charge is 0.340 e. The van der Waals surface area contributed by atoms with Crippen LogP contribution in [0.3, 0.4) is 0 Å². The number of aryl methyl sites for hydroxylation is 1. The number of benzene rings is 2. The highest BCUT2D eigenvalue weighted by Gasteiger charge is 2.35. The van der Waals surface area contributed by atoms with E-state index in [1.54, 1.807) is 26.0 Å². The Morgan fingerprint density at radius 2 is 1.72 bits per heavy atom.